The van der Waals surface area contributed by atoms with Crippen LogP contribution in [0.15, 0.2) is 70.3 Å². The standard InChI is InChI=1S/C23H21FN2O2S/c1-15-2-5-18(6-3-15)29-14-22-19(9-11-28-22)23(27)25-10-8-16-13-26-21-7-4-17(24)12-20(16)21/h2-7,9,11-13,26H,8,10,14H2,1H3,(H,25,27). The van der Waals surface area contributed by atoms with E-state index in [1.54, 1.807) is 30.2 Å². The quantitative estimate of drug-likeness (QED) is 0.399. The van der Waals surface area contributed by atoms with Crippen molar-refractivity contribution in [3.05, 3.63) is 89.3 Å². The third kappa shape index (κ3) is 4.54. The average molecular weight is 408 g/mol. The molecule has 4 nitrogen and oxygen atoms in total. The number of aryl methyl sites for hydroxylation is 1. The predicted molar refractivity (Wildman–Crippen MR) is 114 cm³/mol. The Bertz CT molecular complexity index is 1130. The molecule has 2 heterocycles. The van der Waals surface area contributed by atoms with Crippen LogP contribution in [-0.2, 0) is 12.2 Å². The summed E-state index contributed by atoms with van der Waals surface area (Å²) in [7, 11) is 0. The highest BCUT2D eigenvalue weighted by Crippen LogP contribution is 2.25. The summed E-state index contributed by atoms with van der Waals surface area (Å²) in [6.07, 6.45) is 4.01. The number of hydrogen-bond acceptors (Lipinski definition) is 3. The van der Waals surface area contributed by atoms with Crippen LogP contribution in [0.5, 0.6) is 0 Å². The Kier molecular flexibility index (Phi) is 5.71. The van der Waals surface area contributed by atoms with Crippen LogP contribution in [0.2, 0.25) is 0 Å². The first-order chi connectivity index (χ1) is 14.1. The van der Waals surface area contributed by atoms with Gasteiger partial charge in [0.25, 0.3) is 5.91 Å². The number of hydrogen-bond donors (Lipinski definition) is 2. The van der Waals surface area contributed by atoms with Crippen LogP contribution in [0, 0.1) is 12.7 Å². The minimum Gasteiger partial charge on any atom is -0.468 e. The normalized spacial score (nSPS) is 11.1. The van der Waals surface area contributed by atoms with E-state index in [0.29, 0.717) is 30.0 Å². The third-order valence-corrected chi connectivity index (χ3v) is 5.80. The minimum atomic E-state index is -0.267. The second kappa shape index (κ2) is 8.57. The van der Waals surface area contributed by atoms with E-state index in [1.165, 1.54) is 17.7 Å². The lowest BCUT2D eigenvalue weighted by Gasteiger charge is -2.06. The first kappa shape index (κ1) is 19.3. The Hall–Kier alpha value is -2.99. The number of nitrogens with one attached hydrogen (secondary N) is 2. The van der Waals surface area contributed by atoms with E-state index in [9.17, 15) is 9.18 Å². The van der Waals surface area contributed by atoms with Crippen LogP contribution >= 0.6 is 11.8 Å². The first-order valence-electron chi connectivity index (χ1n) is 9.40. The number of fused-ring (bicyclic) bond motifs is 1. The van der Waals surface area contributed by atoms with Gasteiger partial charge in [-0.1, -0.05) is 17.7 Å². The van der Waals surface area contributed by atoms with Crippen LogP contribution in [0.25, 0.3) is 10.9 Å². The SMILES string of the molecule is Cc1ccc(SCc2occc2C(=O)NCCc2c[nH]c3ccc(F)cc23)cc1. The van der Waals surface area contributed by atoms with E-state index >= 15 is 0 Å². The van der Waals surface area contributed by atoms with Crippen LogP contribution in [0.3, 0.4) is 0 Å². The van der Waals surface area contributed by atoms with Gasteiger partial charge in [-0.3, -0.25) is 4.79 Å². The molecule has 2 aromatic carbocycles. The van der Waals surface area contributed by atoms with Crippen molar-refractivity contribution in [3.63, 3.8) is 0 Å². The van der Waals surface area contributed by atoms with Crippen LogP contribution in [0.4, 0.5) is 4.39 Å². The van der Waals surface area contributed by atoms with Crippen molar-refractivity contribution in [2.45, 2.75) is 24.0 Å². The molecule has 0 saturated carbocycles. The lowest BCUT2D eigenvalue weighted by molar-refractivity contribution is 0.0952. The Morgan fingerprint density at radius 1 is 1.17 bits per heavy atom. The molecule has 0 unspecified atom stereocenters. The molecule has 6 heteroatoms. The highest BCUT2D eigenvalue weighted by atomic mass is 32.2. The van der Waals surface area contributed by atoms with Crippen molar-refractivity contribution in [2.24, 2.45) is 0 Å². The lowest BCUT2D eigenvalue weighted by Crippen LogP contribution is -2.26. The third-order valence-electron chi connectivity index (χ3n) is 4.79. The number of aromatic nitrogens is 1. The summed E-state index contributed by atoms with van der Waals surface area (Å²) in [6, 6.07) is 14.6. The van der Waals surface area contributed by atoms with E-state index in [1.807, 2.05) is 6.20 Å². The number of amides is 1. The number of carbonyl (C=O) groups excluding carboxylic acids is 1. The van der Waals surface area contributed by atoms with Crippen molar-refractivity contribution < 1.29 is 13.6 Å². The maximum absolute atomic E-state index is 13.5. The topological polar surface area (TPSA) is 58.0 Å². The Labute approximate surface area is 172 Å². The molecule has 0 fully saturated rings. The van der Waals surface area contributed by atoms with E-state index < -0.39 is 0 Å². The molecule has 2 N–H and O–H groups in total. The van der Waals surface area contributed by atoms with Crippen molar-refractivity contribution in [3.8, 4) is 0 Å². The van der Waals surface area contributed by atoms with Gasteiger partial charge in [0.1, 0.15) is 11.6 Å². The molecule has 29 heavy (non-hydrogen) atoms. The number of thioether (sulfide) groups is 1. The molecule has 0 aliphatic heterocycles. The van der Waals surface area contributed by atoms with Gasteiger partial charge in [-0.2, -0.15) is 0 Å². The fourth-order valence-corrected chi connectivity index (χ4v) is 4.05. The average Bonchev–Trinajstić information content (AvgIpc) is 3.34. The smallest absolute Gasteiger partial charge is 0.254 e. The van der Waals surface area contributed by atoms with Crippen molar-refractivity contribution in [1.82, 2.24) is 10.3 Å². The molecule has 148 valence electrons. The second-order valence-electron chi connectivity index (χ2n) is 6.87. The molecule has 0 saturated heterocycles. The number of aromatic amines is 1. The van der Waals surface area contributed by atoms with Gasteiger partial charge in [0.15, 0.2) is 0 Å². The van der Waals surface area contributed by atoms with Gasteiger partial charge in [0, 0.05) is 28.5 Å². The molecule has 0 aliphatic rings. The van der Waals surface area contributed by atoms with Crippen LogP contribution in [-0.4, -0.2) is 17.4 Å². The van der Waals surface area contributed by atoms with Gasteiger partial charge in [-0.25, -0.2) is 4.39 Å². The number of furan rings is 1. The van der Waals surface area contributed by atoms with Crippen molar-refractivity contribution >= 4 is 28.6 Å². The molecule has 0 atom stereocenters. The maximum Gasteiger partial charge on any atom is 0.254 e. The number of benzene rings is 2. The largest absolute Gasteiger partial charge is 0.468 e. The molecule has 0 bridgehead atoms. The number of halogens is 1. The first-order valence-corrected chi connectivity index (χ1v) is 10.4. The molecule has 2 aromatic heterocycles. The van der Waals surface area contributed by atoms with Gasteiger partial charge in [-0.05, 0) is 55.3 Å². The van der Waals surface area contributed by atoms with Gasteiger partial charge in [0.05, 0.1) is 17.6 Å². The highest BCUT2D eigenvalue weighted by Gasteiger charge is 2.15. The van der Waals surface area contributed by atoms with E-state index in [0.717, 1.165) is 21.4 Å². The van der Waals surface area contributed by atoms with Crippen LogP contribution < -0.4 is 5.32 Å². The summed E-state index contributed by atoms with van der Waals surface area (Å²) >= 11 is 1.63. The molecule has 4 aromatic rings. The summed E-state index contributed by atoms with van der Waals surface area (Å²) in [5.74, 6) is 0.809. The van der Waals surface area contributed by atoms with E-state index in [4.69, 9.17) is 4.42 Å². The number of carbonyl (C=O) groups is 1. The zero-order chi connectivity index (χ0) is 20.2. The maximum atomic E-state index is 13.5. The van der Waals surface area contributed by atoms with Crippen molar-refractivity contribution in [2.75, 3.05) is 6.54 Å². The zero-order valence-corrected chi connectivity index (χ0v) is 16.8. The molecule has 4 rings (SSSR count). The molecule has 0 radical (unpaired) electrons. The van der Waals surface area contributed by atoms with E-state index in [-0.39, 0.29) is 11.7 Å². The summed E-state index contributed by atoms with van der Waals surface area (Å²) in [5.41, 5.74) is 3.63. The van der Waals surface area contributed by atoms with E-state index in [2.05, 4.69) is 41.5 Å². The fourth-order valence-electron chi connectivity index (χ4n) is 3.20. The molecular weight excluding hydrogens is 387 g/mol. The molecule has 1 amide bonds. The fraction of sp³-hybridized carbons (Fsp3) is 0.174. The Balaban J connectivity index is 1.34. The highest BCUT2D eigenvalue weighted by molar-refractivity contribution is 7.98. The number of rotatable bonds is 7. The predicted octanol–water partition coefficient (Wildman–Crippen LogP) is 5.47. The molecular formula is C23H21FN2O2S. The zero-order valence-electron chi connectivity index (χ0n) is 16.0. The van der Waals surface area contributed by atoms with Gasteiger partial charge in [0.2, 0.25) is 0 Å². The van der Waals surface area contributed by atoms with Gasteiger partial charge in [-0.15, -0.1) is 11.8 Å². The molecule has 0 aliphatic carbocycles. The summed E-state index contributed by atoms with van der Waals surface area (Å²) in [4.78, 5) is 16.8. The van der Waals surface area contributed by atoms with Crippen LogP contribution in [0.1, 0.15) is 27.2 Å². The summed E-state index contributed by atoms with van der Waals surface area (Å²) in [5, 5.41) is 3.78. The molecule has 0 spiro atoms. The van der Waals surface area contributed by atoms with Gasteiger partial charge >= 0.3 is 0 Å². The number of H-pyrrole nitrogens is 1. The summed E-state index contributed by atoms with van der Waals surface area (Å²) < 4.78 is 19.0. The lowest BCUT2D eigenvalue weighted by atomic mass is 10.1. The second-order valence-corrected chi connectivity index (χ2v) is 7.92. The van der Waals surface area contributed by atoms with Gasteiger partial charge < -0.3 is 14.7 Å². The monoisotopic (exact) mass is 408 g/mol. The Morgan fingerprint density at radius 3 is 2.83 bits per heavy atom. The Morgan fingerprint density at radius 2 is 2.00 bits per heavy atom. The summed E-state index contributed by atoms with van der Waals surface area (Å²) in [6.45, 7) is 2.51. The minimum absolute atomic E-state index is 0.163. The van der Waals surface area contributed by atoms with Crippen molar-refractivity contribution in [1.29, 1.82) is 0 Å².